The van der Waals surface area contributed by atoms with E-state index in [0.717, 1.165) is 6.08 Å². The fraction of sp³-hybridized carbons (Fsp3) is 0.667. The average molecular weight is 202 g/mol. The summed E-state index contributed by atoms with van der Waals surface area (Å²) in [6.45, 7) is 8.93. The molecule has 0 saturated carbocycles. The molecule has 76 valence electrons. The molecular formula is C9H18O3Si. The highest BCUT2D eigenvalue weighted by Gasteiger charge is 2.25. The molecule has 0 unspecified atom stereocenters. The van der Waals surface area contributed by atoms with Crippen LogP contribution in [0.1, 0.15) is 13.8 Å². The number of carboxylic acid groups (broad SMARTS) is 1. The smallest absolute Gasteiger partial charge is 0.328 e. The molecule has 0 aromatic carbocycles. The maximum absolute atomic E-state index is 10.1. The Bertz CT molecular complexity index is 197. The quantitative estimate of drug-likeness (QED) is 0.549. The first-order chi connectivity index (χ1) is 5.86. The molecule has 0 atom stereocenters. The third kappa shape index (κ3) is 5.60. The zero-order valence-corrected chi connectivity index (χ0v) is 9.70. The van der Waals surface area contributed by atoms with Crippen LogP contribution in [0.4, 0.5) is 0 Å². The summed E-state index contributed by atoms with van der Waals surface area (Å²) in [4.78, 5) is 10.1. The number of hydrogen-bond donors (Lipinski definition) is 1. The van der Waals surface area contributed by atoms with Gasteiger partial charge in [0.1, 0.15) is 0 Å². The third-order valence-electron chi connectivity index (χ3n) is 2.20. The minimum Gasteiger partial charge on any atom is -0.478 e. The van der Waals surface area contributed by atoms with Gasteiger partial charge in [-0.05, 0) is 18.6 Å². The maximum Gasteiger partial charge on any atom is 0.328 e. The largest absolute Gasteiger partial charge is 0.478 e. The second kappa shape index (κ2) is 5.19. The van der Waals surface area contributed by atoms with Gasteiger partial charge in [0.2, 0.25) is 0 Å². The van der Waals surface area contributed by atoms with Crippen molar-refractivity contribution in [3.05, 3.63) is 12.2 Å². The molecule has 0 aliphatic heterocycles. The summed E-state index contributed by atoms with van der Waals surface area (Å²) < 4.78 is 5.63. The SMILES string of the molecule is CC(C)[Si](C)(C)OC/C=C\C(=O)O. The molecule has 3 nitrogen and oxygen atoms in total. The lowest BCUT2D eigenvalue weighted by molar-refractivity contribution is -0.131. The fourth-order valence-electron chi connectivity index (χ4n) is 0.578. The highest BCUT2D eigenvalue weighted by Crippen LogP contribution is 2.20. The van der Waals surface area contributed by atoms with Crippen molar-refractivity contribution < 1.29 is 14.3 Å². The van der Waals surface area contributed by atoms with E-state index in [0.29, 0.717) is 12.1 Å². The summed E-state index contributed by atoms with van der Waals surface area (Å²) in [5, 5.41) is 8.32. The maximum atomic E-state index is 10.1. The van der Waals surface area contributed by atoms with E-state index in [-0.39, 0.29) is 0 Å². The van der Waals surface area contributed by atoms with Crippen LogP contribution in [-0.2, 0) is 9.22 Å². The van der Waals surface area contributed by atoms with E-state index in [9.17, 15) is 4.79 Å². The molecule has 0 fully saturated rings. The van der Waals surface area contributed by atoms with Crippen LogP contribution in [0, 0.1) is 0 Å². The summed E-state index contributed by atoms with van der Waals surface area (Å²) in [5.74, 6) is -0.924. The molecular weight excluding hydrogens is 184 g/mol. The van der Waals surface area contributed by atoms with Crippen molar-refractivity contribution in [3.63, 3.8) is 0 Å². The molecule has 0 radical (unpaired) electrons. The Morgan fingerprint density at radius 2 is 2.08 bits per heavy atom. The van der Waals surface area contributed by atoms with Gasteiger partial charge in [0.05, 0.1) is 6.61 Å². The van der Waals surface area contributed by atoms with Crippen molar-refractivity contribution in [2.24, 2.45) is 0 Å². The molecule has 0 aromatic rings. The van der Waals surface area contributed by atoms with Crippen LogP contribution >= 0.6 is 0 Å². The minimum atomic E-state index is -1.60. The monoisotopic (exact) mass is 202 g/mol. The Balaban J connectivity index is 3.82. The zero-order valence-electron chi connectivity index (χ0n) is 8.70. The normalized spacial score (nSPS) is 12.7. The lowest BCUT2D eigenvalue weighted by Crippen LogP contribution is -2.33. The predicted molar refractivity (Wildman–Crippen MR) is 55.3 cm³/mol. The second-order valence-corrected chi connectivity index (χ2v) is 8.46. The van der Waals surface area contributed by atoms with Gasteiger partial charge in [0, 0.05) is 6.08 Å². The van der Waals surface area contributed by atoms with Crippen LogP contribution in [0.2, 0.25) is 18.6 Å². The summed E-state index contributed by atoms with van der Waals surface area (Å²) in [7, 11) is -1.60. The fourth-order valence-corrected chi connectivity index (χ4v) is 1.44. The number of hydrogen-bond acceptors (Lipinski definition) is 2. The molecule has 1 N–H and O–H groups in total. The van der Waals surface area contributed by atoms with Gasteiger partial charge in [-0.15, -0.1) is 0 Å². The van der Waals surface area contributed by atoms with Crippen molar-refractivity contribution in [2.45, 2.75) is 32.5 Å². The molecule has 0 aromatic heterocycles. The molecule has 0 rings (SSSR count). The van der Waals surface area contributed by atoms with Crippen LogP contribution in [0.15, 0.2) is 12.2 Å². The van der Waals surface area contributed by atoms with Gasteiger partial charge >= 0.3 is 5.97 Å². The molecule has 0 aliphatic carbocycles. The molecule has 0 saturated heterocycles. The van der Waals surface area contributed by atoms with E-state index in [1.165, 1.54) is 0 Å². The Morgan fingerprint density at radius 3 is 2.46 bits per heavy atom. The molecule has 0 aliphatic rings. The lowest BCUT2D eigenvalue weighted by atomic mass is 10.5. The Hall–Kier alpha value is -0.613. The third-order valence-corrected chi connectivity index (χ3v) is 5.89. The molecule has 0 amide bonds. The van der Waals surface area contributed by atoms with Crippen LogP contribution < -0.4 is 0 Å². The first-order valence-electron chi connectivity index (χ1n) is 4.39. The first kappa shape index (κ1) is 12.4. The van der Waals surface area contributed by atoms with Crippen LogP contribution in [0.5, 0.6) is 0 Å². The van der Waals surface area contributed by atoms with E-state index in [2.05, 4.69) is 26.9 Å². The Labute approximate surface area is 80.5 Å². The summed E-state index contributed by atoms with van der Waals surface area (Å²) in [6.07, 6.45) is 2.66. The van der Waals surface area contributed by atoms with Crippen LogP contribution in [-0.4, -0.2) is 26.0 Å². The van der Waals surface area contributed by atoms with E-state index in [1.54, 1.807) is 6.08 Å². The minimum absolute atomic E-state index is 0.406. The van der Waals surface area contributed by atoms with Crippen molar-refractivity contribution in [2.75, 3.05) is 6.61 Å². The van der Waals surface area contributed by atoms with Gasteiger partial charge in [-0.2, -0.15) is 0 Å². The standard InChI is InChI=1S/C9H18O3Si/c1-8(2)13(3,4)12-7-5-6-9(10)11/h5-6,8H,7H2,1-4H3,(H,10,11)/b6-5-. The summed E-state index contributed by atoms with van der Waals surface area (Å²) >= 11 is 0. The zero-order chi connectivity index (χ0) is 10.5. The first-order valence-corrected chi connectivity index (χ1v) is 7.38. The lowest BCUT2D eigenvalue weighted by Gasteiger charge is -2.25. The Kier molecular flexibility index (Phi) is 4.94. The van der Waals surface area contributed by atoms with Gasteiger partial charge in [0.25, 0.3) is 0 Å². The molecule has 0 heterocycles. The van der Waals surface area contributed by atoms with Gasteiger partial charge in [-0.25, -0.2) is 4.79 Å². The van der Waals surface area contributed by atoms with Crippen molar-refractivity contribution in [1.82, 2.24) is 0 Å². The summed E-state index contributed by atoms with van der Waals surface area (Å²) in [6, 6.07) is 0. The van der Waals surface area contributed by atoms with Gasteiger partial charge in [-0.3, -0.25) is 0 Å². The van der Waals surface area contributed by atoms with E-state index < -0.39 is 14.3 Å². The van der Waals surface area contributed by atoms with Crippen molar-refractivity contribution >= 4 is 14.3 Å². The predicted octanol–water partition coefficient (Wildman–Crippen LogP) is 2.26. The highest BCUT2D eigenvalue weighted by atomic mass is 28.4. The second-order valence-electron chi connectivity index (χ2n) is 3.81. The Morgan fingerprint density at radius 1 is 1.54 bits per heavy atom. The number of rotatable bonds is 5. The van der Waals surface area contributed by atoms with E-state index >= 15 is 0 Å². The molecule has 0 spiro atoms. The molecule has 13 heavy (non-hydrogen) atoms. The highest BCUT2D eigenvalue weighted by molar-refractivity contribution is 6.72. The summed E-state index contributed by atoms with van der Waals surface area (Å²) in [5.41, 5.74) is 0.547. The van der Waals surface area contributed by atoms with Gasteiger partial charge in [0.15, 0.2) is 8.32 Å². The molecule has 0 bridgehead atoms. The van der Waals surface area contributed by atoms with Crippen molar-refractivity contribution in [1.29, 1.82) is 0 Å². The number of carboxylic acids is 1. The van der Waals surface area contributed by atoms with Crippen LogP contribution in [0.25, 0.3) is 0 Å². The average Bonchev–Trinajstić information content (AvgIpc) is 1.97. The van der Waals surface area contributed by atoms with Gasteiger partial charge in [-0.1, -0.05) is 19.9 Å². The number of carbonyl (C=O) groups is 1. The number of aliphatic carboxylic acids is 1. The van der Waals surface area contributed by atoms with Crippen molar-refractivity contribution in [3.8, 4) is 0 Å². The molecule has 4 heteroatoms. The van der Waals surface area contributed by atoms with E-state index in [4.69, 9.17) is 9.53 Å². The van der Waals surface area contributed by atoms with E-state index in [1.807, 2.05) is 0 Å². The topological polar surface area (TPSA) is 46.5 Å². The van der Waals surface area contributed by atoms with Gasteiger partial charge < -0.3 is 9.53 Å². The van der Waals surface area contributed by atoms with Crippen LogP contribution in [0.3, 0.4) is 0 Å².